The van der Waals surface area contributed by atoms with Gasteiger partial charge >= 0.3 is 0 Å². The fourth-order valence-electron chi connectivity index (χ4n) is 1.42. The Hall–Kier alpha value is -1.93. The molecule has 0 radical (unpaired) electrons. The second-order valence-electron chi connectivity index (χ2n) is 3.71. The van der Waals surface area contributed by atoms with Gasteiger partial charge in [0.2, 0.25) is 16.4 Å². The zero-order valence-corrected chi connectivity index (χ0v) is 10.4. The number of benzene rings is 1. The largest absolute Gasteiger partial charge is 0.398 e. The van der Waals surface area contributed by atoms with Crippen LogP contribution in [0.15, 0.2) is 34.0 Å². The van der Waals surface area contributed by atoms with Crippen LogP contribution in [0, 0.1) is 6.92 Å². The van der Waals surface area contributed by atoms with E-state index in [1.165, 1.54) is 6.07 Å². The minimum absolute atomic E-state index is 0.0385. The van der Waals surface area contributed by atoms with Crippen LogP contribution in [0.2, 0.25) is 0 Å². The van der Waals surface area contributed by atoms with Gasteiger partial charge in [0.1, 0.15) is 4.90 Å². The summed E-state index contributed by atoms with van der Waals surface area (Å²) in [7, 11) is -3.68. The van der Waals surface area contributed by atoms with E-state index in [9.17, 15) is 8.42 Å². The van der Waals surface area contributed by atoms with Crippen molar-refractivity contribution in [2.75, 3.05) is 5.73 Å². The molecule has 18 heavy (non-hydrogen) atoms. The van der Waals surface area contributed by atoms with Gasteiger partial charge in [0.05, 0.1) is 12.2 Å². The molecule has 8 heteroatoms. The van der Waals surface area contributed by atoms with Crippen LogP contribution in [-0.4, -0.2) is 18.6 Å². The molecule has 0 aliphatic rings. The molecule has 0 fully saturated rings. The van der Waals surface area contributed by atoms with E-state index in [2.05, 4.69) is 19.4 Å². The van der Waals surface area contributed by atoms with Gasteiger partial charge in [-0.2, -0.15) is 4.98 Å². The SMILES string of the molecule is Cc1ccc(S(=O)(=O)NCc2ncon2)c(N)c1. The maximum atomic E-state index is 12.0. The Morgan fingerprint density at radius 1 is 1.44 bits per heavy atom. The summed E-state index contributed by atoms with van der Waals surface area (Å²) in [4.78, 5) is 3.75. The fraction of sp³-hybridized carbons (Fsp3) is 0.200. The Kier molecular flexibility index (Phi) is 3.30. The van der Waals surface area contributed by atoms with Crippen LogP contribution in [0.25, 0.3) is 0 Å². The average molecular weight is 268 g/mol. The van der Waals surface area contributed by atoms with Gasteiger partial charge in [-0.25, -0.2) is 13.1 Å². The number of sulfonamides is 1. The molecule has 0 bridgehead atoms. The highest BCUT2D eigenvalue weighted by Gasteiger charge is 2.17. The highest BCUT2D eigenvalue weighted by atomic mass is 32.2. The van der Waals surface area contributed by atoms with Crippen LogP contribution >= 0.6 is 0 Å². The Morgan fingerprint density at radius 3 is 2.83 bits per heavy atom. The van der Waals surface area contributed by atoms with E-state index >= 15 is 0 Å². The van der Waals surface area contributed by atoms with E-state index in [-0.39, 0.29) is 23.0 Å². The summed E-state index contributed by atoms with van der Waals surface area (Å²) in [5.74, 6) is 0.254. The third kappa shape index (κ3) is 2.66. The van der Waals surface area contributed by atoms with Crippen molar-refractivity contribution in [3.63, 3.8) is 0 Å². The lowest BCUT2D eigenvalue weighted by Gasteiger charge is -2.08. The summed E-state index contributed by atoms with van der Waals surface area (Å²) in [6.45, 7) is 1.78. The summed E-state index contributed by atoms with van der Waals surface area (Å²) in [6.07, 6.45) is 1.13. The molecule has 3 N–H and O–H groups in total. The number of nitrogen functional groups attached to an aromatic ring is 1. The van der Waals surface area contributed by atoms with Gasteiger partial charge in [0.25, 0.3) is 0 Å². The monoisotopic (exact) mass is 268 g/mol. The summed E-state index contributed by atoms with van der Waals surface area (Å²) in [5, 5.41) is 3.51. The first-order chi connectivity index (χ1) is 8.49. The van der Waals surface area contributed by atoms with E-state index in [0.717, 1.165) is 12.0 Å². The van der Waals surface area contributed by atoms with E-state index in [1.807, 2.05) is 6.92 Å². The Morgan fingerprint density at radius 2 is 2.22 bits per heavy atom. The second kappa shape index (κ2) is 4.75. The van der Waals surface area contributed by atoms with Crippen molar-refractivity contribution in [2.24, 2.45) is 0 Å². The molecule has 1 aromatic heterocycles. The first kappa shape index (κ1) is 12.5. The number of hydrogen-bond acceptors (Lipinski definition) is 6. The molecule has 2 rings (SSSR count). The molecule has 7 nitrogen and oxygen atoms in total. The Labute approximate surface area is 104 Å². The molecule has 0 spiro atoms. The third-order valence-electron chi connectivity index (χ3n) is 2.28. The minimum atomic E-state index is -3.68. The number of nitrogens with two attached hydrogens (primary N) is 1. The normalized spacial score (nSPS) is 11.6. The molecule has 2 aromatic rings. The van der Waals surface area contributed by atoms with Crippen LogP contribution in [0.1, 0.15) is 11.4 Å². The topological polar surface area (TPSA) is 111 Å². The number of hydrogen-bond donors (Lipinski definition) is 2. The number of rotatable bonds is 4. The van der Waals surface area contributed by atoms with Gasteiger partial charge in [0, 0.05) is 0 Å². The van der Waals surface area contributed by atoms with Gasteiger partial charge in [-0.05, 0) is 24.6 Å². The zero-order valence-electron chi connectivity index (χ0n) is 9.62. The minimum Gasteiger partial charge on any atom is -0.398 e. The van der Waals surface area contributed by atoms with E-state index in [1.54, 1.807) is 12.1 Å². The Balaban J connectivity index is 2.20. The molecular weight excluding hydrogens is 256 g/mol. The predicted molar refractivity (Wildman–Crippen MR) is 63.9 cm³/mol. The maximum Gasteiger partial charge on any atom is 0.243 e. The molecule has 1 aromatic carbocycles. The summed E-state index contributed by atoms with van der Waals surface area (Å²) < 4.78 is 30.8. The fourth-order valence-corrected chi connectivity index (χ4v) is 2.51. The van der Waals surface area contributed by atoms with E-state index < -0.39 is 10.0 Å². The zero-order chi connectivity index (χ0) is 13.2. The highest BCUT2D eigenvalue weighted by molar-refractivity contribution is 7.89. The van der Waals surface area contributed by atoms with Gasteiger partial charge in [-0.1, -0.05) is 11.2 Å². The van der Waals surface area contributed by atoms with Crippen LogP contribution in [0.4, 0.5) is 5.69 Å². The number of aromatic nitrogens is 2. The van der Waals surface area contributed by atoms with Gasteiger partial charge < -0.3 is 10.3 Å². The van der Waals surface area contributed by atoms with Gasteiger partial charge in [0.15, 0.2) is 5.82 Å². The molecule has 96 valence electrons. The molecule has 0 unspecified atom stereocenters. The molecular formula is C10H12N4O3S. The van der Waals surface area contributed by atoms with Gasteiger partial charge in [-0.3, -0.25) is 0 Å². The standard InChI is InChI=1S/C10H12N4O3S/c1-7-2-3-9(8(11)4-7)18(15,16)13-5-10-12-6-17-14-10/h2-4,6,13H,5,11H2,1H3. The highest BCUT2D eigenvalue weighted by Crippen LogP contribution is 2.19. The van der Waals surface area contributed by atoms with Crippen molar-refractivity contribution >= 4 is 15.7 Å². The van der Waals surface area contributed by atoms with Crippen molar-refractivity contribution in [3.05, 3.63) is 36.0 Å². The lowest BCUT2D eigenvalue weighted by Crippen LogP contribution is -2.24. The van der Waals surface area contributed by atoms with Crippen molar-refractivity contribution < 1.29 is 12.9 Å². The molecule has 0 saturated heterocycles. The molecule has 0 amide bonds. The number of anilines is 1. The molecule has 0 atom stereocenters. The number of aryl methyl sites for hydroxylation is 1. The molecule has 0 saturated carbocycles. The van der Waals surface area contributed by atoms with Crippen molar-refractivity contribution in [1.82, 2.24) is 14.9 Å². The summed E-state index contributed by atoms with van der Waals surface area (Å²) in [5.41, 5.74) is 6.78. The van der Waals surface area contributed by atoms with Crippen molar-refractivity contribution in [3.8, 4) is 0 Å². The van der Waals surface area contributed by atoms with E-state index in [0.29, 0.717) is 0 Å². The predicted octanol–water partition coefficient (Wildman–Crippen LogP) is 0.439. The van der Waals surface area contributed by atoms with Crippen molar-refractivity contribution in [1.29, 1.82) is 0 Å². The van der Waals surface area contributed by atoms with Crippen LogP contribution in [0.3, 0.4) is 0 Å². The van der Waals surface area contributed by atoms with E-state index in [4.69, 9.17) is 5.73 Å². The number of nitrogens with one attached hydrogen (secondary N) is 1. The van der Waals surface area contributed by atoms with Gasteiger partial charge in [-0.15, -0.1) is 0 Å². The smallest absolute Gasteiger partial charge is 0.243 e. The maximum absolute atomic E-state index is 12.0. The number of nitrogens with zero attached hydrogens (tertiary/aromatic N) is 2. The average Bonchev–Trinajstić information content (AvgIpc) is 2.78. The summed E-state index contributed by atoms with van der Waals surface area (Å²) >= 11 is 0. The Bertz CT molecular complexity index is 637. The second-order valence-corrected chi connectivity index (χ2v) is 5.45. The summed E-state index contributed by atoms with van der Waals surface area (Å²) in [6, 6.07) is 4.74. The first-order valence-corrected chi connectivity index (χ1v) is 6.58. The lowest BCUT2D eigenvalue weighted by molar-refractivity contribution is 0.409. The first-order valence-electron chi connectivity index (χ1n) is 5.10. The van der Waals surface area contributed by atoms with Crippen molar-refractivity contribution in [2.45, 2.75) is 18.4 Å². The molecule has 0 aliphatic heterocycles. The molecule has 0 aliphatic carbocycles. The molecule has 1 heterocycles. The van der Waals surface area contributed by atoms with Crippen LogP contribution in [-0.2, 0) is 16.6 Å². The third-order valence-corrected chi connectivity index (χ3v) is 3.76. The quantitative estimate of drug-likeness (QED) is 0.778. The van der Waals surface area contributed by atoms with Crippen LogP contribution < -0.4 is 10.5 Å². The van der Waals surface area contributed by atoms with Crippen LogP contribution in [0.5, 0.6) is 0 Å². The lowest BCUT2D eigenvalue weighted by atomic mass is 10.2.